The van der Waals surface area contributed by atoms with E-state index >= 15 is 0 Å². The third kappa shape index (κ3) is 2.80. The lowest BCUT2D eigenvalue weighted by Gasteiger charge is -2.21. The Bertz CT molecular complexity index is 613. The molecular weight excluding hydrogens is 255 g/mol. The van der Waals surface area contributed by atoms with Crippen molar-refractivity contribution >= 4 is 0 Å². The molecule has 1 atom stereocenters. The van der Waals surface area contributed by atoms with E-state index in [2.05, 4.69) is 16.4 Å². The summed E-state index contributed by atoms with van der Waals surface area (Å²) >= 11 is 0. The molecule has 1 unspecified atom stereocenters. The Morgan fingerprint density at radius 3 is 2.60 bits per heavy atom. The lowest BCUT2D eigenvalue weighted by molar-refractivity contribution is 0.403. The topological polar surface area (TPSA) is 34.1 Å². The first-order chi connectivity index (χ1) is 9.56. The Hall–Kier alpha value is -1.94. The highest BCUT2D eigenvalue weighted by molar-refractivity contribution is 5.42. The fraction of sp³-hybridized carbons (Fsp3) is 0.312. The van der Waals surface area contributed by atoms with Gasteiger partial charge in [0.1, 0.15) is 11.6 Å². The van der Waals surface area contributed by atoms with Crippen LogP contribution in [0.5, 0.6) is 5.75 Å². The SMILES string of the molecule is CNC(c1cc(F)ccc1OC)c1ncc(C)cc1C. The van der Waals surface area contributed by atoms with Crippen LogP contribution in [0.2, 0.25) is 0 Å². The Kier molecular flexibility index (Phi) is 4.35. The van der Waals surface area contributed by atoms with E-state index in [1.807, 2.05) is 27.1 Å². The number of aromatic nitrogens is 1. The summed E-state index contributed by atoms with van der Waals surface area (Å²) in [5, 5.41) is 3.19. The van der Waals surface area contributed by atoms with E-state index in [1.54, 1.807) is 13.2 Å². The number of nitrogens with zero attached hydrogens (tertiary/aromatic N) is 1. The van der Waals surface area contributed by atoms with E-state index in [0.717, 1.165) is 22.4 Å². The zero-order valence-electron chi connectivity index (χ0n) is 12.2. The maximum absolute atomic E-state index is 13.6. The monoisotopic (exact) mass is 274 g/mol. The number of ether oxygens (including phenoxy) is 1. The first-order valence-electron chi connectivity index (χ1n) is 6.50. The molecule has 20 heavy (non-hydrogen) atoms. The molecule has 1 aromatic heterocycles. The Morgan fingerprint density at radius 1 is 1.25 bits per heavy atom. The second-order valence-electron chi connectivity index (χ2n) is 4.82. The molecule has 3 nitrogen and oxygen atoms in total. The van der Waals surface area contributed by atoms with Crippen molar-refractivity contribution in [3.05, 3.63) is 58.7 Å². The summed E-state index contributed by atoms with van der Waals surface area (Å²) in [6.07, 6.45) is 1.82. The highest BCUT2D eigenvalue weighted by Gasteiger charge is 2.20. The third-order valence-corrected chi connectivity index (χ3v) is 3.32. The van der Waals surface area contributed by atoms with Crippen molar-refractivity contribution in [2.24, 2.45) is 0 Å². The molecule has 0 amide bonds. The molecule has 2 aromatic rings. The lowest BCUT2D eigenvalue weighted by atomic mass is 9.98. The molecule has 0 aliphatic rings. The zero-order valence-corrected chi connectivity index (χ0v) is 12.2. The second kappa shape index (κ2) is 6.01. The van der Waals surface area contributed by atoms with E-state index in [-0.39, 0.29) is 11.9 Å². The van der Waals surface area contributed by atoms with E-state index in [1.165, 1.54) is 12.1 Å². The summed E-state index contributed by atoms with van der Waals surface area (Å²) < 4.78 is 18.9. The highest BCUT2D eigenvalue weighted by atomic mass is 19.1. The smallest absolute Gasteiger partial charge is 0.124 e. The van der Waals surface area contributed by atoms with Crippen LogP contribution in [0.25, 0.3) is 0 Å². The molecule has 0 radical (unpaired) electrons. The van der Waals surface area contributed by atoms with Crippen LogP contribution in [0.4, 0.5) is 4.39 Å². The number of rotatable bonds is 4. The number of hydrogen-bond acceptors (Lipinski definition) is 3. The van der Waals surface area contributed by atoms with Crippen molar-refractivity contribution in [1.29, 1.82) is 0 Å². The van der Waals surface area contributed by atoms with Gasteiger partial charge < -0.3 is 10.1 Å². The van der Waals surface area contributed by atoms with Crippen molar-refractivity contribution < 1.29 is 9.13 Å². The van der Waals surface area contributed by atoms with Gasteiger partial charge in [0.2, 0.25) is 0 Å². The van der Waals surface area contributed by atoms with Crippen molar-refractivity contribution in [1.82, 2.24) is 10.3 Å². The van der Waals surface area contributed by atoms with Crippen molar-refractivity contribution in [3.63, 3.8) is 0 Å². The fourth-order valence-electron chi connectivity index (χ4n) is 2.40. The minimum Gasteiger partial charge on any atom is -0.496 e. The van der Waals surface area contributed by atoms with Gasteiger partial charge in [-0.3, -0.25) is 4.98 Å². The predicted octanol–water partition coefficient (Wildman–Crippen LogP) is 3.15. The number of methoxy groups -OCH3 is 1. The Morgan fingerprint density at radius 2 is 2.00 bits per heavy atom. The normalized spacial score (nSPS) is 12.2. The molecule has 0 fully saturated rings. The molecule has 0 spiro atoms. The molecule has 106 valence electrons. The quantitative estimate of drug-likeness (QED) is 0.930. The Labute approximate surface area is 118 Å². The maximum atomic E-state index is 13.6. The molecule has 1 aromatic carbocycles. The van der Waals surface area contributed by atoms with Gasteiger partial charge in [-0.05, 0) is 50.2 Å². The van der Waals surface area contributed by atoms with Gasteiger partial charge in [-0.25, -0.2) is 4.39 Å². The van der Waals surface area contributed by atoms with Crippen LogP contribution in [-0.2, 0) is 0 Å². The van der Waals surface area contributed by atoms with E-state index in [9.17, 15) is 4.39 Å². The van der Waals surface area contributed by atoms with Crippen LogP contribution in [0.3, 0.4) is 0 Å². The number of aryl methyl sites for hydroxylation is 2. The van der Waals surface area contributed by atoms with Crippen LogP contribution < -0.4 is 10.1 Å². The summed E-state index contributed by atoms with van der Waals surface area (Å²) in [5.41, 5.74) is 3.79. The molecule has 0 saturated heterocycles. The van der Waals surface area contributed by atoms with Gasteiger partial charge in [-0.1, -0.05) is 6.07 Å². The van der Waals surface area contributed by atoms with Crippen molar-refractivity contribution in [3.8, 4) is 5.75 Å². The van der Waals surface area contributed by atoms with Gasteiger partial charge in [0.15, 0.2) is 0 Å². The molecule has 0 bridgehead atoms. The number of hydrogen-bond donors (Lipinski definition) is 1. The third-order valence-electron chi connectivity index (χ3n) is 3.32. The summed E-state index contributed by atoms with van der Waals surface area (Å²) in [4.78, 5) is 4.49. The highest BCUT2D eigenvalue weighted by Crippen LogP contribution is 2.31. The van der Waals surface area contributed by atoms with E-state index < -0.39 is 0 Å². The maximum Gasteiger partial charge on any atom is 0.124 e. The van der Waals surface area contributed by atoms with Crippen LogP contribution in [0.15, 0.2) is 30.5 Å². The van der Waals surface area contributed by atoms with E-state index in [0.29, 0.717) is 5.75 Å². The van der Waals surface area contributed by atoms with Gasteiger partial charge in [-0.2, -0.15) is 0 Å². The molecule has 1 N–H and O–H groups in total. The van der Waals surface area contributed by atoms with Gasteiger partial charge in [0, 0.05) is 11.8 Å². The second-order valence-corrected chi connectivity index (χ2v) is 4.82. The van der Waals surface area contributed by atoms with Crippen molar-refractivity contribution in [2.75, 3.05) is 14.2 Å². The molecule has 2 rings (SSSR count). The van der Waals surface area contributed by atoms with Gasteiger partial charge in [0.05, 0.1) is 18.8 Å². The lowest BCUT2D eigenvalue weighted by Crippen LogP contribution is -2.21. The fourth-order valence-corrected chi connectivity index (χ4v) is 2.40. The molecule has 1 heterocycles. The van der Waals surface area contributed by atoms with E-state index in [4.69, 9.17) is 4.74 Å². The summed E-state index contributed by atoms with van der Waals surface area (Å²) in [6, 6.07) is 6.38. The number of nitrogens with one attached hydrogen (secondary N) is 1. The average Bonchev–Trinajstić information content (AvgIpc) is 2.42. The zero-order chi connectivity index (χ0) is 14.7. The molecule has 4 heteroatoms. The minimum atomic E-state index is -0.286. The van der Waals surface area contributed by atoms with Gasteiger partial charge in [0.25, 0.3) is 0 Å². The average molecular weight is 274 g/mol. The first kappa shape index (κ1) is 14.5. The van der Waals surface area contributed by atoms with Crippen LogP contribution in [-0.4, -0.2) is 19.1 Å². The van der Waals surface area contributed by atoms with Crippen LogP contribution >= 0.6 is 0 Å². The largest absolute Gasteiger partial charge is 0.496 e. The molecular formula is C16H19FN2O. The molecule has 0 saturated carbocycles. The molecule has 0 aliphatic carbocycles. The minimum absolute atomic E-state index is 0.207. The predicted molar refractivity (Wildman–Crippen MR) is 77.6 cm³/mol. The summed E-state index contributed by atoms with van der Waals surface area (Å²) in [6.45, 7) is 4.01. The summed E-state index contributed by atoms with van der Waals surface area (Å²) in [5.74, 6) is 0.360. The van der Waals surface area contributed by atoms with Gasteiger partial charge in [-0.15, -0.1) is 0 Å². The van der Waals surface area contributed by atoms with Gasteiger partial charge >= 0.3 is 0 Å². The van der Waals surface area contributed by atoms with Crippen molar-refractivity contribution in [2.45, 2.75) is 19.9 Å². The summed E-state index contributed by atoms with van der Waals surface area (Å²) in [7, 11) is 3.41. The number of pyridine rings is 1. The first-order valence-corrected chi connectivity index (χ1v) is 6.50. The number of halogens is 1. The molecule has 0 aliphatic heterocycles. The standard InChI is InChI=1S/C16H19FN2O/c1-10-7-11(2)15(19-9-10)16(18-3)13-8-12(17)5-6-14(13)20-4/h5-9,16,18H,1-4H3. The number of benzene rings is 1. The Balaban J connectivity index is 2.54. The van der Waals surface area contributed by atoms with Crippen LogP contribution in [0.1, 0.15) is 28.4 Å². The van der Waals surface area contributed by atoms with Crippen LogP contribution in [0, 0.1) is 19.7 Å².